The molecule has 0 saturated carbocycles. The average Bonchev–Trinajstić information content (AvgIpc) is 2.77. The molecule has 0 aromatic carbocycles. The van der Waals surface area contributed by atoms with Gasteiger partial charge in [0, 0.05) is 6.20 Å². The molecule has 2 heterocycles. The topological polar surface area (TPSA) is 69.9 Å². The Morgan fingerprint density at radius 1 is 1.50 bits per heavy atom. The molecule has 0 spiro atoms. The van der Waals surface area contributed by atoms with Crippen molar-refractivity contribution in [3.8, 4) is 0 Å². The van der Waals surface area contributed by atoms with Crippen LogP contribution >= 0.6 is 0 Å². The fourth-order valence-corrected chi connectivity index (χ4v) is 1.29. The maximum absolute atomic E-state index is 11.3. The minimum absolute atomic E-state index is 0.174. The van der Waals surface area contributed by atoms with Gasteiger partial charge in [0.2, 0.25) is 5.82 Å². The van der Waals surface area contributed by atoms with E-state index in [4.69, 9.17) is 0 Å². The Morgan fingerprint density at radius 3 is 3.06 bits per heavy atom. The molecule has 0 radical (unpaired) electrons. The van der Waals surface area contributed by atoms with Crippen LogP contribution in [0.4, 0.5) is 0 Å². The van der Waals surface area contributed by atoms with Gasteiger partial charge in [0.15, 0.2) is 0 Å². The third-order valence-electron chi connectivity index (χ3n) is 2.04. The number of esters is 1. The summed E-state index contributed by atoms with van der Waals surface area (Å²) in [6.07, 6.45) is 3.17. The number of carbonyl (C=O) groups excluding carboxylic acids is 1. The number of ether oxygens (including phenoxy) is 1. The summed E-state index contributed by atoms with van der Waals surface area (Å²) in [5, 5.41) is 7.37. The molecule has 0 aliphatic carbocycles. The van der Waals surface area contributed by atoms with Crippen molar-refractivity contribution < 1.29 is 9.53 Å². The highest BCUT2D eigenvalue weighted by Gasteiger charge is 2.14. The number of hydrogen-bond acceptors (Lipinski definition) is 5. The summed E-state index contributed by atoms with van der Waals surface area (Å²) >= 11 is 0. The summed E-state index contributed by atoms with van der Waals surface area (Å²) in [5.74, 6) is -0.332. The molecule has 6 heteroatoms. The highest BCUT2D eigenvalue weighted by atomic mass is 16.5. The van der Waals surface area contributed by atoms with Crippen LogP contribution in [0.2, 0.25) is 0 Å². The van der Waals surface area contributed by atoms with Gasteiger partial charge in [0.1, 0.15) is 6.33 Å². The van der Waals surface area contributed by atoms with Gasteiger partial charge in [-0.2, -0.15) is 0 Å². The fraction of sp³-hybridized carbons (Fsp3) is 0.200. The Labute approximate surface area is 91.9 Å². The van der Waals surface area contributed by atoms with Gasteiger partial charge in [-0.25, -0.2) is 4.79 Å². The predicted octanol–water partition coefficient (Wildman–Crippen LogP) is 0.508. The maximum Gasteiger partial charge on any atom is 0.376 e. The minimum atomic E-state index is -0.506. The number of rotatable bonds is 3. The highest BCUT2D eigenvalue weighted by Crippen LogP contribution is 2.02. The number of methoxy groups -OCH3 is 1. The van der Waals surface area contributed by atoms with Crippen molar-refractivity contribution in [2.45, 2.75) is 6.54 Å². The monoisotopic (exact) mass is 218 g/mol. The number of nitrogens with zero attached hydrogens (tertiary/aromatic N) is 4. The molecule has 16 heavy (non-hydrogen) atoms. The molecule has 0 N–H and O–H groups in total. The van der Waals surface area contributed by atoms with Crippen molar-refractivity contribution in [2.75, 3.05) is 7.11 Å². The second-order valence-corrected chi connectivity index (χ2v) is 3.10. The zero-order valence-corrected chi connectivity index (χ0v) is 8.70. The van der Waals surface area contributed by atoms with Crippen molar-refractivity contribution in [1.82, 2.24) is 19.7 Å². The molecule has 82 valence electrons. The largest absolute Gasteiger partial charge is 0.463 e. The lowest BCUT2D eigenvalue weighted by atomic mass is 10.3. The summed E-state index contributed by atoms with van der Waals surface area (Å²) < 4.78 is 6.18. The van der Waals surface area contributed by atoms with Crippen molar-refractivity contribution in [2.24, 2.45) is 0 Å². The van der Waals surface area contributed by atoms with E-state index in [9.17, 15) is 4.79 Å². The lowest BCUT2D eigenvalue weighted by Crippen LogP contribution is -2.12. The quantitative estimate of drug-likeness (QED) is 0.702. The van der Waals surface area contributed by atoms with E-state index in [1.54, 1.807) is 10.8 Å². The van der Waals surface area contributed by atoms with E-state index in [1.165, 1.54) is 13.4 Å². The lowest BCUT2D eigenvalue weighted by molar-refractivity contribution is 0.0581. The van der Waals surface area contributed by atoms with Gasteiger partial charge in [-0.15, -0.1) is 10.2 Å². The van der Waals surface area contributed by atoms with E-state index in [1.807, 2.05) is 18.2 Å². The van der Waals surface area contributed by atoms with Crippen LogP contribution in [0.5, 0.6) is 0 Å². The molecule has 0 saturated heterocycles. The Balaban J connectivity index is 2.22. The molecular formula is C10H10N4O2. The molecule has 0 atom stereocenters. The zero-order chi connectivity index (χ0) is 11.4. The van der Waals surface area contributed by atoms with Gasteiger partial charge in [-0.05, 0) is 12.1 Å². The van der Waals surface area contributed by atoms with E-state index in [0.29, 0.717) is 6.54 Å². The van der Waals surface area contributed by atoms with E-state index in [0.717, 1.165) is 5.69 Å². The third-order valence-corrected chi connectivity index (χ3v) is 2.04. The van der Waals surface area contributed by atoms with Gasteiger partial charge in [0.25, 0.3) is 0 Å². The smallest absolute Gasteiger partial charge is 0.376 e. The minimum Gasteiger partial charge on any atom is -0.463 e. The molecule has 2 rings (SSSR count). The first-order valence-electron chi connectivity index (χ1n) is 4.67. The van der Waals surface area contributed by atoms with Gasteiger partial charge < -0.3 is 9.30 Å². The van der Waals surface area contributed by atoms with Crippen molar-refractivity contribution in [3.63, 3.8) is 0 Å². The first kappa shape index (κ1) is 10.3. The van der Waals surface area contributed by atoms with Crippen molar-refractivity contribution >= 4 is 5.97 Å². The molecule has 0 bridgehead atoms. The number of pyridine rings is 1. The molecule has 0 aliphatic heterocycles. The summed E-state index contributed by atoms with van der Waals surface area (Å²) in [6, 6.07) is 5.57. The van der Waals surface area contributed by atoms with Crippen LogP contribution < -0.4 is 0 Å². The summed E-state index contributed by atoms with van der Waals surface area (Å²) in [6.45, 7) is 0.443. The highest BCUT2D eigenvalue weighted by molar-refractivity contribution is 5.85. The Hall–Kier alpha value is -2.24. The van der Waals surface area contributed by atoms with Crippen LogP contribution in [0.3, 0.4) is 0 Å². The Bertz CT molecular complexity index is 481. The molecule has 0 amide bonds. The van der Waals surface area contributed by atoms with E-state index in [-0.39, 0.29) is 5.82 Å². The third kappa shape index (κ3) is 2.05. The second kappa shape index (κ2) is 4.52. The predicted molar refractivity (Wildman–Crippen MR) is 54.7 cm³/mol. The van der Waals surface area contributed by atoms with E-state index < -0.39 is 5.97 Å². The van der Waals surface area contributed by atoms with Crippen molar-refractivity contribution in [1.29, 1.82) is 0 Å². The fourth-order valence-electron chi connectivity index (χ4n) is 1.29. The van der Waals surface area contributed by atoms with Gasteiger partial charge in [0.05, 0.1) is 19.3 Å². The summed E-state index contributed by atoms with van der Waals surface area (Å²) in [4.78, 5) is 15.5. The molecule has 0 unspecified atom stereocenters. The maximum atomic E-state index is 11.3. The van der Waals surface area contributed by atoms with Crippen LogP contribution in [0.25, 0.3) is 0 Å². The molecule has 6 nitrogen and oxygen atoms in total. The summed E-state index contributed by atoms with van der Waals surface area (Å²) in [5.41, 5.74) is 0.826. The van der Waals surface area contributed by atoms with Crippen molar-refractivity contribution in [3.05, 3.63) is 42.2 Å². The van der Waals surface area contributed by atoms with Gasteiger partial charge in [-0.1, -0.05) is 6.07 Å². The molecule has 0 aliphatic rings. The SMILES string of the molecule is COC(=O)c1nncn1Cc1ccccn1. The lowest BCUT2D eigenvalue weighted by Gasteiger charge is -2.03. The van der Waals surface area contributed by atoms with E-state index >= 15 is 0 Å². The Kier molecular flexibility index (Phi) is 2.90. The molecule has 2 aromatic rings. The second-order valence-electron chi connectivity index (χ2n) is 3.10. The normalized spacial score (nSPS) is 10.1. The van der Waals surface area contributed by atoms with Crippen LogP contribution in [-0.4, -0.2) is 32.8 Å². The first-order chi connectivity index (χ1) is 7.81. The molecule has 0 fully saturated rings. The number of carbonyl (C=O) groups is 1. The number of aromatic nitrogens is 4. The van der Waals surface area contributed by atoms with Crippen LogP contribution in [0, 0.1) is 0 Å². The first-order valence-corrected chi connectivity index (χ1v) is 4.67. The zero-order valence-electron chi connectivity index (χ0n) is 8.70. The van der Waals surface area contributed by atoms with Crippen LogP contribution in [0.1, 0.15) is 16.3 Å². The average molecular weight is 218 g/mol. The summed E-state index contributed by atoms with van der Waals surface area (Å²) in [7, 11) is 1.31. The van der Waals surface area contributed by atoms with Gasteiger partial charge in [-0.3, -0.25) is 4.98 Å². The van der Waals surface area contributed by atoms with Crippen LogP contribution in [0.15, 0.2) is 30.7 Å². The van der Waals surface area contributed by atoms with Gasteiger partial charge >= 0.3 is 5.97 Å². The molecular weight excluding hydrogens is 208 g/mol. The Morgan fingerprint density at radius 2 is 2.38 bits per heavy atom. The number of hydrogen-bond donors (Lipinski definition) is 0. The van der Waals surface area contributed by atoms with E-state index in [2.05, 4.69) is 19.9 Å². The standard InChI is InChI=1S/C10H10N4O2/c1-16-10(15)9-13-12-7-14(9)6-8-4-2-3-5-11-8/h2-5,7H,6H2,1H3. The van der Waals surface area contributed by atoms with Crippen LogP contribution in [-0.2, 0) is 11.3 Å². The molecule has 2 aromatic heterocycles.